The van der Waals surface area contributed by atoms with E-state index in [2.05, 4.69) is 16.6 Å². The highest BCUT2D eigenvalue weighted by molar-refractivity contribution is 7.98. The zero-order valence-electron chi connectivity index (χ0n) is 9.58. The highest BCUT2D eigenvalue weighted by Crippen LogP contribution is 2.24. The fourth-order valence-corrected chi connectivity index (χ4v) is 2.04. The number of aromatic amines is 1. The molecule has 1 aromatic heterocycles. The molecule has 4 N–H and O–H groups in total. The maximum absolute atomic E-state index is 11.0. The second-order valence-electron chi connectivity index (χ2n) is 3.72. The Morgan fingerprint density at radius 2 is 2.35 bits per heavy atom. The van der Waals surface area contributed by atoms with Crippen LogP contribution in [0.5, 0.6) is 0 Å². The van der Waals surface area contributed by atoms with E-state index in [9.17, 15) is 4.79 Å². The summed E-state index contributed by atoms with van der Waals surface area (Å²) in [5.41, 5.74) is 8.44. The molecule has 0 fully saturated rings. The molecule has 2 rings (SSSR count). The Balaban J connectivity index is 2.16. The molecule has 0 amide bonds. The fraction of sp³-hybridized carbons (Fsp3) is 0.364. The molecule has 0 spiro atoms. The maximum Gasteiger partial charge on any atom is 0.417 e. The van der Waals surface area contributed by atoms with Crippen molar-refractivity contribution in [3.05, 3.63) is 22.7 Å². The summed E-state index contributed by atoms with van der Waals surface area (Å²) in [6.07, 6.45) is 3.15. The number of benzene rings is 1. The summed E-state index contributed by atoms with van der Waals surface area (Å²) in [7, 11) is 0. The van der Waals surface area contributed by atoms with Crippen LogP contribution in [0.2, 0.25) is 0 Å². The van der Waals surface area contributed by atoms with Gasteiger partial charge in [-0.1, -0.05) is 0 Å². The number of hydrogen-bond donors (Lipinski definition) is 3. The van der Waals surface area contributed by atoms with Gasteiger partial charge in [0.25, 0.3) is 0 Å². The number of nitrogens with one attached hydrogen (secondary N) is 2. The first-order chi connectivity index (χ1) is 8.20. The molecule has 0 aliphatic carbocycles. The molecular weight excluding hydrogens is 238 g/mol. The van der Waals surface area contributed by atoms with Crippen molar-refractivity contribution in [3.63, 3.8) is 0 Å². The molecule has 0 atom stereocenters. The molecule has 6 heteroatoms. The van der Waals surface area contributed by atoms with E-state index in [-0.39, 0.29) is 0 Å². The molecule has 1 heterocycles. The van der Waals surface area contributed by atoms with Gasteiger partial charge in [0, 0.05) is 12.6 Å². The SMILES string of the molecule is CSCCCNc1cc2[nH]c(=O)oc2cc1N. The number of oxazole rings is 1. The Kier molecular flexibility index (Phi) is 3.63. The van der Waals surface area contributed by atoms with Gasteiger partial charge in [-0.25, -0.2) is 4.79 Å². The minimum absolute atomic E-state index is 0.459. The molecule has 0 unspecified atom stereocenters. The Hall–Kier alpha value is -1.56. The monoisotopic (exact) mass is 253 g/mol. The van der Waals surface area contributed by atoms with E-state index in [0.29, 0.717) is 16.8 Å². The quantitative estimate of drug-likeness (QED) is 0.559. The Morgan fingerprint density at radius 3 is 3.12 bits per heavy atom. The van der Waals surface area contributed by atoms with Crippen molar-refractivity contribution in [2.75, 3.05) is 29.6 Å². The summed E-state index contributed by atoms with van der Waals surface area (Å²) in [5, 5.41) is 3.25. The lowest BCUT2D eigenvalue weighted by Gasteiger charge is -2.08. The first-order valence-corrected chi connectivity index (χ1v) is 6.75. The summed E-state index contributed by atoms with van der Waals surface area (Å²) in [4.78, 5) is 13.6. The minimum Gasteiger partial charge on any atom is -0.408 e. The zero-order valence-corrected chi connectivity index (χ0v) is 10.4. The first-order valence-electron chi connectivity index (χ1n) is 5.36. The molecule has 0 radical (unpaired) electrons. The summed E-state index contributed by atoms with van der Waals surface area (Å²) >= 11 is 1.81. The number of rotatable bonds is 5. The summed E-state index contributed by atoms with van der Waals surface area (Å²) in [6, 6.07) is 3.46. The van der Waals surface area contributed by atoms with Crippen molar-refractivity contribution < 1.29 is 4.42 Å². The van der Waals surface area contributed by atoms with E-state index in [1.54, 1.807) is 12.1 Å². The van der Waals surface area contributed by atoms with Crippen molar-refractivity contribution in [1.29, 1.82) is 0 Å². The highest BCUT2D eigenvalue weighted by Gasteiger charge is 2.06. The van der Waals surface area contributed by atoms with Crippen LogP contribution in [0.4, 0.5) is 11.4 Å². The summed E-state index contributed by atoms with van der Waals surface area (Å²) < 4.78 is 4.92. The van der Waals surface area contributed by atoms with E-state index < -0.39 is 5.76 Å². The van der Waals surface area contributed by atoms with Gasteiger partial charge in [0.15, 0.2) is 5.58 Å². The lowest BCUT2D eigenvalue weighted by molar-refractivity contribution is 0.555. The highest BCUT2D eigenvalue weighted by atomic mass is 32.2. The average molecular weight is 253 g/mol. The Labute approximate surface area is 103 Å². The van der Waals surface area contributed by atoms with E-state index in [1.807, 2.05) is 11.8 Å². The third-order valence-corrected chi connectivity index (χ3v) is 3.13. The van der Waals surface area contributed by atoms with Crippen LogP contribution in [-0.4, -0.2) is 23.5 Å². The number of nitrogens with two attached hydrogens (primary N) is 1. The van der Waals surface area contributed by atoms with Gasteiger partial charge in [0.05, 0.1) is 16.9 Å². The molecule has 1 aromatic carbocycles. The van der Waals surface area contributed by atoms with Gasteiger partial charge in [0.1, 0.15) is 0 Å². The van der Waals surface area contributed by atoms with Crippen LogP contribution in [0.15, 0.2) is 21.3 Å². The van der Waals surface area contributed by atoms with Crippen LogP contribution in [0.3, 0.4) is 0 Å². The molecular formula is C11H15N3O2S. The third kappa shape index (κ3) is 2.76. The van der Waals surface area contributed by atoms with Gasteiger partial charge >= 0.3 is 5.76 Å². The number of anilines is 2. The number of H-pyrrole nitrogens is 1. The van der Waals surface area contributed by atoms with Crippen molar-refractivity contribution in [2.24, 2.45) is 0 Å². The Morgan fingerprint density at radius 1 is 1.53 bits per heavy atom. The van der Waals surface area contributed by atoms with E-state index >= 15 is 0 Å². The topological polar surface area (TPSA) is 84.0 Å². The normalized spacial score (nSPS) is 10.9. The van der Waals surface area contributed by atoms with Crippen molar-refractivity contribution in [1.82, 2.24) is 4.98 Å². The number of aromatic nitrogens is 1. The van der Waals surface area contributed by atoms with Gasteiger partial charge < -0.3 is 15.5 Å². The lowest BCUT2D eigenvalue weighted by Crippen LogP contribution is -2.05. The van der Waals surface area contributed by atoms with Gasteiger partial charge in [-0.3, -0.25) is 4.98 Å². The first kappa shape index (κ1) is 11.9. The standard InChI is InChI=1S/C11H15N3O2S/c1-17-4-2-3-13-8-6-9-10(5-7(8)12)16-11(15)14-9/h5-6,13H,2-4,12H2,1H3,(H,14,15). The third-order valence-electron chi connectivity index (χ3n) is 2.43. The number of fused-ring (bicyclic) bond motifs is 1. The predicted molar refractivity (Wildman–Crippen MR) is 72.7 cm³/mol. The molecule has 0 saturated carbocycles. The molecule has 0 aliphatic rings. The van der Waals surface area contributed by atoms with Crippen molar-refractivity contribution in [3.8, 4) is 0 Å². The van der Waals surface area contributed by atoms with Gasteiger partial charge in [-0.2, -0.15) is 11.8 Å². The van der Waals surface area contributed by atoms with Crippen LogP contribution < -0.4 is 16.8 Å². The molecule has 2 aromatic rings. The minimum atomic E-state index is -0.459. The number of nitrogen functional groups attached to an aromatic ring is 1. The van der Waals surface area contributed by atoms with Crippen LogP contribution >= 0.6 is 11.8 Å². The van der Waals surface area contributed by atoms with E-state index in [4.69, 9.17) is 10.2 Å². The Bertz CT molecular complexity index is 561. The molecule has 0 saturated heterocycles. The van der Waals surface area contributed by atoms with Gasteiger partial charge in [-0.15, -0.1) is 0 Å². The van der Waals surface area contributed by atoms with Crippen LogP contribution in [-0.2, 0) is 0 Å². The molecule has 0 bridgehead atoms. The van der Waals surface area contributed by atoms with Gasteiger partial charge in [-0.05, 0) is 24.5 Å². The van der Waals surface area contributed by atoms with E-state index in [1.165, 1.54) is 0 Å². The summed E-state index contributed by atoms with van der Waals surface area (Å²) in [6.45, 7) is 0.860. The average Bonchev–Trinajstić information content (AvgIpc) is 2.63. The van der Waals surface area contributed by atoms with Crippen molar-refractivity contribution in [2.45, 2.75) is 6.42 Å². The molecule has 5 nitrogen and oxygen atoms in total. The largest absolute Gasteiger partial charge is 0.417 e. The fourth-order valence-electron chi connectivity index (χ4n) is 1.61. The maximum atomic E-state index is 11.0. The van der Waals surface area contributed by atoms with Crippen LogP contribution in [0.1, 0.15) is 6.42 Å². The van der Waals surface area contributed by atoms with Crippen LogP contribution in [0.25, 0.3) is 11.1 Å². The molecule has 17 heavy (non-hydrogen) atoms. The molecule has 92 valence electrons. The number of hydrogen-bond acceptors (Lipinski definition) is 5. The van der Waals surface area contributed by atoms with Crippen molar-refractivity contribution >= 4 is 34.2 Å². The smallest absolute Gasteiger partial charge is 0.408 e. The van der Waals surface area contributed by atoms with E-state index in [0.717, 1.165) is 24.4 Å². The number of thioether (sulfide) groups is 1. The second kappa shape index (κ2) is 5.18. The van der Waals surface area contributed by atoms with Crippen LogP contribution in [0, 0.1) is 0 Å². The zero-order chi connectivity index (χ0) is 12.3. The predicted octanol–water partition coefficient (Wildman–Crippen LogP) is 1.87. The second-order valence-corrected chi connectivity index (χ2v) is 4.71. The summed E-state index contributed by atoms with van der Waals surface area (Å²) in [5.74, 6) is 0.650. The molecule has 0 aliphatic heterocycles. The lowest BCUT2D eigenvalue weighted by atomic mass is 10.2. The van der Waals surface area contributed by atoms with Gasteiger partial charge in [0.2, 0.25) is 0 Å².